The van der Waals surface area contributed by atoms with Crippen LogP contribution < -0.4 is 15.0 Å². The lowest BCUT2D eigenvalue weighted by Gasteiger charge is -2.31. The predicted molar refractivity (Wildman–Crippen MR) is 98.2 cm³/mol. The summed E-state index contributed by atoms with van der Waals surface area (Å²) in [6, 6.07) is 12.5. The summed E-state index contributed by atoms with van der Waals surface area (Å²) in [6.07, 6.45) is -0.291. The van der Waals surface area contributed by atoms with Crippen molar-refractivity contribution in [3.63, 3.8) is 0 Å². The summed E-state index contributed by atoms with van der Waals surface area (Å²) in [5.41, 5.74) is 1.85. The van der Waals surface area contributed by atoms with E-state index in [0.29, 0.717) is 18.5 Å². The van der Waals surface area contributed by atoms with Crippen molar-refractivity contribution in [2.45, 2.75) is 26.0 Å². The molecule has 0 spiro atoms. The Morgan fingerprint density at radius 3 is 2.44 bits per heavy atom. The fraction of sp³-hybridized carbons (Fsp3) is 0.316. The van der Waals surface area contributed by atoms with Crippen LogP contribution in [0.1, 0.15) is 25.5 Å². The van der Waals surface area contributed by atoms with Gasteiger partial charge in [-0.05, 0) is 55.8 Å². The fourth-order valence-electron chi connectivity index (χ4n) is 2.62. The minimum Gasteiger partial charge on any atom is -0.506 e. The van der Waals surface area contributed by atoms with Crippen molar-refractivity contribution in [1.29, 1.82) is 0 Å². The second kappa shape index (κ2) is 8.39. The van der Waals surface area contributed by atoms with Crippen molar-refractivity contribution >= 4 is 17.8 Å². The monoisotopic (exact) mass is 344 g/mol. The molecule has 0 saturated carbocycles. The number of aliphatic hydroxyl groups is 1. The van der Waals surface area contributed by atoms with Crippen LogP contribution >= 0.6 is 0 Å². The molecule has 3 N–H and O–H groups in total. The lowest BCUT2D eigenvalue weighted by Crippen LogP contribution is -2.34. The minimum atomic E-state index is -0.780. The molecule has 25 heavy (non-hydrogen) atoms. The fourth-order valence-corrected chi connectivity index (χ4v) is 2.62. The van der Waals surface area contributed by atoms with Gasteiger partial charge >= 0.3 is 0 Å². The highest BCUT2D eigenvalue weighted by molar-refractivity contribution is 5.75. The van der Waals surface area contributed by atoms with Crippen molar-refractivity contribution in [1.82, 2.24) is 0 Å². The third-order valence-corrected chi connectivity index (χ3v) is 4.02. The molecule has 6 heteroatoms. The van der Waals surface area contributed by atoms with E-state index >= 15 is 0 Å². The maximum atomic E-state index is 10.6. The van der Waals surface area contributed by atoms with Gasteiger partial charge in [0.2, 0.25) is 6.41 Å². The number of aliphatic hydroxyl groups excluding tert-OH is 1. The summed E-state index contributed by atoms with van der Waals surface area (Å²) in [5.74, 6) is 0.732. The van der Waals surface area contributed by atoms with Crippen molar-refractivity contribution in [3.05, 3.63) is 48.0 Å². The van der Waals surface area contributed by atoms with E-state index in [4.69, 9.17) is 4.74 Å². The topological polar surface area (TPSA) is 82.0 Å². The SMILES string of the molecule is COc1ccc(N(C[C@H](O)c2ccc(O)c(NC=O)c2)C(C)C)cc1. The number of aromatic hydroxyl groups is 1. The largest absolute Gasteiger partial charge is 0.506 e. The second-order valence-corrected chi connectivity index (χ2v) is 6.00. The highest BCUT2D eigenvalue weighted by atomic mass is 16.5. The van der Waals surface area contributed by atoms with E-state index in [2.05, 4.69) is 10.2 Å². The molecule has 0 radical (unpaired) electrons. The van der Waals surface area contributed by atoms with Crippen molar-refractivity contribution in [3.8, 4) is 11.5 Å². The van der Waals surface area contributed by atoms with Crippen molar-refractivity contribution in [2.24, 2.45) is 0 Å². The molecule has 0 fully saturated rings. The van der Waals surface area contributed by atoms with Gasteiger partial charge < -0.3 is 25.2 Å². The average Bonchev–Trinajstić information content (AvgIpc) is 2.61. The van der Waals surface area contributed by atoms with Gasteiger partial charge in [-0.1, -0.05) is 6.07 Å². The first-order valence-electron chi connectivity index (χ1n) is 8.08. The first-order valence-corrected chi connectivity index (χ1v) is 8.08. The molecule has 6 nitrogen and oxygen atoms in total. The van der Waals surface area contributed by atoms with Gasteiger partial charge in [-0.3, -0.25) is 4.79 Å². The number of phenolic OH excluding ortho intramolecular Hbond substituents is 1. The Morgan fingerprint density at radius 2 is 1.88 bits per heavy atom. The zero-order valence-electron chi connectivity index (χ0n) is 14.6. The maximum Gasteiger partial charge on any atom is 0.211 e. The molecule has 1 amide bonds. The zero-order chi connectivity index (χ0) is 18.4. The Hall–Kier alpha value is -2.73. The summed E-state index contributed by atoms with van der Waals surface area (Å²) in [4.78, 5) is 12.7. The number of methoxy groups -OCH3 is 1. The van der Waals surface area contributed by atoms with Gasteiger partial charge in [-0.25, -0.2) is 0 Å². The molecule has 0 unspecified atom stereocenters. The van der Waals surface area contributed by atoms with Crippen LogP contribution in [0.25, 0.3) is 0 Å². The molecule has 2 aromatic rings. The minimum absolute atomic E-state index is 0.0427. The van der Waals surface area contributed by atoms with E-state index in [-0.39, 0.29) is 17.5 Å². The highest BCUT2D eigenvalue weighted by Gasteiger charge is 2.18. The number of carbonyl (C=O) groups is 1. The van der Waals surface area contributed by atoms with Gasteiger partial charge in [0.05, 0.1) is 18.9 Å². The van der Waals surface area contributed by atoms with Gasteiger partial charge in [0, 0.05) is 18.3 Å². The number of hydrogen-bond donors (Lipinski definition) is 3. The Labute approximate surface area is 147 Å². The molecular formula is C19H24N2O4. The normalized spacial score (nSPS) is 11.9. The molecule has 0 aliphatic rings. The first kappa shape index (κ1) is 18.6. The summed E-state index contributed by atoms with van der Waals surface area (Å²) in [5, 5.41) is 22.8. The van der Waals surface area contributed by atoms with Crippen LogP contribution in [-0.2, 0) is 4.79 Å². The van der Waals surface area contributed by atoms with E-state index in [1.165, 1.54) is 6.07 Å². The number of amides is 1. The quantitative estimate of drug-likeness (QED) is 0.507. The van der Waals surface area contributed by atoms with E-state index in [0.717, 1.165) is 11.4 Å². The molecule has 0 aliphatic heterocycles. The lowest BCUT2D eigenvalue weighted by molar-refractivity contribution is -0.105. The molecule has 0 aromatic heterocycles. The number of ether oxygens (including phenoxy) is 1. The number of anilines is 2. The Kier molecular flexibility index (Phi) is 6.25. The van der Waals surface area contributed by atoms with E-state index in [9.17, 15) is 15.0 Å². The maximum absolute atomic E-state index is 10.6. The van der Waals surface area contributed by atoms with Crippen LogP contribution in [-0.4, -0.2) is 36.3 Å². The van der Waals surface area contributed by atoms with Crippen molar-refractivity contribution in [2.75, 3.05) is 23.9 Å². The molecule has 2 rings (SSSR count). The summed E-state index contributed by atoms with van der Waals surface area (Å²) in [7, 11) is 1.62. The summed E-state index contributed by atoms with van der Waals surface area (Å²) in [6.45, 7) is 4.47. The summed E-state index contributed by atoms with van der Waals surface area (Å²) < 4.78 is 5.18. The zero-order valence-corrected chi connectivity index (χ0v) is 14.6. The van der Waals surface area contributed by atoms with Gasteiger partial charge in [0.25, 0.3) is 0 Å². The highest BCUT2D eigenvalue weighted by Crippen LogP contribution is 2.29. The van der Waals surface area contributed by atoms with E-state index < -0.39 is 6.10 Å². The third-order valence-electron chi connectivity index (χ3n) is 4.02. The van der Waals surface area contributed by atoms with Crippen LogP contribution in [0.2, 0.25) is 0 Å². The van der Waals surface area contributed by atoms with Crippen LogP contribution in [0.5, 0.6) is 11.5 Å². The standard InChI is InChI=1S/C19H24N2O4/c1-13(2)21(15-5-7-16(25-3)8-6-15)11-19(24)14-4-9-18(23)17(10-14)20-12-22/h4-10,12-13,19,23-24H,11H2,1-3H3,(H,20,22)/t19-/m0/s1. The van der Waals surface area contributed by atoms with Crippen LogP contribution in [0, 0.1) is 0 Å². The molecule has 134 valence electrons. The number of benzene rings is 2. The Balaban J connectivity index is 2.21. The first-order chi connectivity index (χ1) is 12.0. The lowest BCUT2D eigenvalue weighted by atomic mass is 10.1. The number of rotatable bonds is 8. The smallest absolute Gasteiger partial charge is 0.211 e. The molecule has 2 aromatic carbocycles. The van der Waals surface area contributed by atoms with Gasteiger partial charge in [-0.2, -0.15) is 0 Å². The average molecular weight is 344 g/mol. The van der Waals surface area contributed by atoms with Crippen LogP contribution in [0.15, 0.2) is 42.5 Å². The van der Waals surface area contributed by atoms with E-state index in [1.807, 2.05) is 38.1 Å². The number of nitrogens with one attached hydrogen (secondary N) is 1. The third kappa shape index (κ3) is 4.64. The number of nitrogens with zero attached hydrogens (tertiary/aromatic N) is 1. The van der Waals surface area contributed by atoms with E-state index in [1.54, 1.807) is 19.2 Å². The predicted octanol–water partition coefficient (Wildman–Crippen LogP) is 2.92. The second-order valence-electron chi connectivity index (χ2n) is 6.00. The van der Waals surface area contributed by atoms with Crippen molar-refractivity contribution < 1.29 is 19.7 Å². The number of hydrogen-bond acceptors (Lipinski definition) is 5. The molecule has 1 atom stereocenters. The van der Waals surface area contributed by atoms with Gasteiger partial charge in [0.1, 0.15) is 11.5 Å². The van der Waals surface area contributed by atoms with Gasteiger partial charge in [-0.15, -0.1) is 0 Å². The molecular weight excluding hydrogens is 320 g/mol. The molecule has 0 aliphatic carbocycles. The van der Waals surface area contributed by atoms with Gasteiger partial charge in [0.15, 0.2) is 0 Å². The number of carbonyl (C=O) groups excluding carboxylic acids is 1. The van der Waals surface area contributed by atoms with Crippen LogP contribution in [0.3, 0.4) is 0 Å². The van der Waals surface area contributed by atoms with Crippen LogP contribution in [0.4, 0.5) is 11.4 Å². The molecule has 0 bridgehead atoms. The summed E-state index contributed by atoms with van der Waals surface area (Å²) >= 11 is 0. The molecule has 0 heterocycles. The Morgan fingerprint density at radius 1 is 1.20 bits per heavy atom. The number of phenols is 1. The Bertz CT molecular complexity index is 701. The molecule has 0 saturated heterocycles.